The average molecular weight is 268 g/mol. The van der Waals surface area contributed by atoms with E-state index in [0.29, 0.717) is 0 Å². The second-order valence-electron chi connectivity index (χ2n) is 5.20. The summed E-state index contributed by atoms with van der Waals surface area (Å²) in [4.78, 5) is 2.35. The molecule has 1 heterocycles. The summed E-state index contributed by atoms with van der Waals surface area (Å²) in [6.07, 6.45) is 3.56. The highest BCUT2D eigenvalue weighted by Crippen LogP contribution is 2.35. The molecule has 0 atom stereocenters. The van der Waals surface area contributed by atoms with E-state index in [1.807, 2.05) is 12.1 Å². The summed E-state index contributed by atoms with van der Waals surface area (Å²) in [5.41, 5.74) is 10.5. The van der Waals surface area contributed by atoms with Gasteiger partial charge >= 0.3 is 0 Å². The topological polar surface area (TPSA) is 38.5 Å². The zero-order valence-electron chi connectivity index (χ0n) is 11.8. The second kappa shape index (κ2) is 5.45. The maximum absolute atomic E-state index is 5.99. The molecule has 0 bridgehead atoms. The number of anilines is 3. The lowest BCUT2D eigenvalue weighted by atomic mass is 10.1. The molecule has 0 unspecified atom stereocenters. The Hall–Kier alpha value is -2.16. The highest BCUT2D eigenvalue weighted by Gasteiger charge is 2.17. The minimum Gasteiger partial charge on any atom is -0.497 e. The number of aryl methyl sites for hydroxylation is 1. The van der Waals surface area contributed by atoms with Crippen LogP contribution in [0.4, 0.5) is 17.1 Å². The van der Waals surface area contributed by atoms with Crippen LogP contribution in [0, 0.1) is 0 Å². The molecule has 0 aromatic heterocycles. The molecule has 3 nitrogen and oxygen atoms in total. The Morgan fingerprint density at radius 2 is 1.95 bits per heavy atom. The minimum atomic E-state index is 0.737. The quantitative estimate of drug-likeness (QED) is 0.843. The summed E-state index contributed by atoms with van der Waals surface area (Å²) in [6, 6.07) is 14.5. The van der Waals surface area contributed by atoms with E-state index in [0.717, 1.165) is 30.1 Å². The van der Waals surface area contributed by atoms with Crippen LogP contribution < -0.4 is 15.4 Å². The van der Waals surface area contributed by atoms with Gasteiger partial charge in [0.15, 0.2) is 0 Å². The standard InChI is InChI=1S/C17H20N2O/c1-20-16-11-14(18)10-15(12-16)19-9-5-4-7-13-6-2-3-8-17(13)19/h2-3,6,8,10-12H,4-5,7,9,18H2,1H3. The number of para-hydroxylation sites is 1. The number of nitrogens with zero attached hydrogens (tertiary/aromatic N) is 1. The Morgan fingerprint density at radius 1 is 1.10 bits per heavy atom. The van der Waals surface area contributed by atoms with Crippen molar-refractivity contribution in [1.29, 1.82) is 0 Å². The van der Waals surface area contributed by atoms with Gasteiger partial charge in [-0.2, -0.15) is 0 Å². The van der Waals surface area contributed by atoms with Gasteiger partial charge in [0.05, 0.1) is 7.11 Å². The molecule has 0 radical (unpaired) electrons. The molecule has 3 heteroatoms. The number of benzene rings is 2. The number of methoxy groups -OCH3 is 1. The van der Waals surface area contributed by atoms with Crippen LogP contribution in [-0.2, 0) is 6.42 Å². The van der Waals surface area contributed by atoms with Gasteiger partial charge in [0.2, 0.25) is 0 Å². The number of nitrogen functional groups attached to an aromatic ring is 1. The van der Waals surface area contributed by atoms with Crippen molar-refractivity contribution < 1.29 is 4.74 Å². The second-order valence-corrected chi connectivity index (χ2v) is 5.20. The first kappa shape index (κ1) is 12.9. The molecule has 2 N–H and O–H groups in total. The van der Waals surface area contributed by atoms with Gasteiger partial charge in [0.1, 0.15) is 5.75 Å². The van der Waals surface area contributed by atoms with Crippen molar-refractivity contribution in [2.75, 3.05) is 24.3 Å². The lowest BCUT2D eigenvalue weighted by Crippen LogP contribution is -2.18. The fourth-order valence-electron chi connectivity index (χ4n) is 2.84. The van der Waals surface area contributed by atoms with E-state index in [9.17, 15) is 0 Å². The number of fused-ring (bicyclic) bond motifs is 1. The van der Waals surface area contributed by atoms with Crippen LogP contribution in [-0.4, -0.2) is 13.7 Å². The van der Waals surface area contributed by atoms with Gasteiger partial charge in [-0.15, -0.1) is 0 Å². The molecule has 1 aliphatic rings. The van der Waals surface area contributed by atoms with Crippen molar-refractivity contribution in [2.45, 2.75) is 19.3 Å². The van der Waals surface area contributed by atoms with E-state index >= 15 is 0 Å². The van der Waals surface area contributed by atoms with Gasteiger partial charge in [0.25, 0.3) is 0 Å². The molecule has 0 saturated heterocycles. The molecule has 0 aliphatic carbocycles. The first-order valence-electron chi connectivity index (χ1n) is 7.08. The molecule has 3 rings (SSSR count). The molecule has 0 amide bonds. The summed E-state index contributed by atoms with van der Waals surface area (Å²) in [6.45, 7) is 1.02. The molecule has 104 valence electrons. The van der Waals surface area contributed by atoms with Crippen LogP contribution in [0.15, 0.2) is 42.5 Å². The van der Waals surface area contributed by atoms with Crippen molar-refractivity contribution in [3.05, 3.63) is 48.0 Å². The van der Waals surface area contributed by atoms with Gasteiger partial charge in [-0.1, -0.05) is 18.2 Å². The van der Waals surface area contributed by atoms with E-state index in [-0.39, 0.29) is 0 Å². The summed E-state index contributed by atoms with van der Waals surface area (Å²) in [7, 11) is 1.68. The van der Waals surface area contributed by atoms with Crippen molar-refractivity contribution in [3.63, 3.8) is 0 Å². The normalized spacial score (nSPS) is 14.6. The third kappa shape index (κ3) is 2.44. The van der Waals surface area contributed by atoms with E-state index in [2.05, 4.69) is 35.2 Å². The number of nitrogens with two attached hydrogens (primary N) is 1. The Labute approximate surface area is 120 Å². The van der Waals surface area contributed by atoms with Crippen LogP contribution in [0.5, 0.6) is 5.75 Å². The van der Waals surface area contributed by atoms with Crippen LogP contribution >= 0.6 is 0 Å². The third-order valence-electron chi connectivity index (χ3n) is 3.82. The average Bonchev–Trinajstić information content (AvgIpc) is 2.69. The molecule has 2 aromatic carbocycles. The Bertz CT molecular complexity index is 610. The monoisotopic (exact) mass is 268 g/mol. The predicted octanol–water partition coefficient (Wildman–Crippen LogP) is 3.75. The molecule has 0 spiro atoms. The number of ether oxygens (including phenoxy) is 1. The maximum Gasteiger partial charge on any atom is 0.122 e. The van der Waals surface area contributed by atoms with E-state index in [4.69, 9.17) is 10.5 Å². The highest BCUT2D eigenvalue weighted by molar-refractivity contribution is 5.71. The molecule has 0 fully saturated rings. The van der Waals surface area contributed by atoms with Crippen molar-refractivity contribution in [1.82, 2.24) is 0 Å². The summed E-state index contributed by atoms with van der Waals surface area (Å²) < 4.78 is 5.34. The molecular formula is C17H20N2O. The van der Waals surface area contributed by atoms with Crippen LogP contribution in [0.1, 0.15) is 18.4 Å². The number of hydrogen-bond donors (Lipinski definition) is 1. The van der Waals surface area contributed by atoms with Gasteiger partial charge in [0, 0.05) is 35.7 Å². The van der Waals surface area contributed by atoms with E-state index in [1.54, 1.807) is 7.11 Å². The Kier molecular flexibility index (Phi) is 3.50. The van der Waals surface area contributed by atoms with Crippen LogP contribution in [0.3, 0.4) is 0 Å². The van der Waals surface area contributed by atoms with Gasteiger partial charge in [-0.05, 0) is 37.0 Å². The smallest absolute Gasteiger partial charge is 0.122 e. The lowest BCUT2D eigenvalue weighted by Gasteiger charge is -2.25. The minimum absolute atomic E-state index is 0.737. The van der Waals surface area contributed by atoms with Gasteiger partial charge in [-0.3, -0.25) is 0 Å². The number of hydrogen-bond acceptors (Lipinski definition) is 3. The molecule has 1 aliphatic heterocycles. The Morgan fingerprint density at radius 3 is 2.80 bits per heavy atom. The maximum atomic E-state index is 5.99. The third-order valence-corrected chi connectivity index (χ3v) is 3.82. The highest BCUT2D eigenvalue weighted by atomic mass is 16.5. The van der Waals surface area contributed by atoms with E-state index < -0.39 is 0 Å². The van der Waals surface area contributed by atoms with Crippen LogP contribution in [0.2, 0.25) is 0 Å². The van der Waals surface area contributed by atoms with Gasteiger partial charge < -0.3 is 15.4 Å². The zero-order valence-corrected chi connectivity index (χ0v) is 11.8. The first-order chi connectivity index (χ1) is 9.78. The SMILES string of the molecule is COc1cc(N)cc(N2CCCCc3ccccc32)c1. The summed E-state index contributed by atoms with van der Waals surface area (Å²) in [5.74, 6) is 0.807. The van der Waals surface area contributed by atoms with Crippen molar-refractivity contribution in [2.24, 2.45) is 0 Å². The lowest BCUT2D eigenvalue weighted by molar-refractivity contribution is 0.415. The Balaban J connectivity index is 2.07. The van der Waals surface area contributed by atoms with Crippen molar-refractivity contribution in [3.8, 4) is 5.75 Å². The molecule has 0 saturated carbocycles. The van der Waals surface area contributed by atoms with Gasteiger partial charge in [-0.25, -0.2) is 0 Å². The first-order valence-corrected chi connectivity index (χ1v) is 7.08. The largest absolute Gasteiger partial charge is 0.497 e. The zero-order chi connectivity index (χ0) is 13.9. The molecular weight excluding hydrogens is 248 g/mol. The van der Waals surface area contributed by atoms with Crippen LogP contribution in [0.25, 0.3) is 0 Å². The number of rotatable bonds is 2. The predicted molar refractivity (Wildman–Crippen MR) is 83.8 cm³/mol. The fraction of sp³-hybridized carbons (Fsp3) is 0.294. The summed E-state index contributed by atoms with van der Waals surface area (Å²) >= 11 is 0. The summed E-state index contributed by atoms with van der Waals surface area (Å²) in [5, 5.41) is 0. The fourth-order valence-corrected chi connectivity index (χ4v) is 2.84. The van der Waals surface area contributed by atoms with Crippen molar-refractivity contribution >= 4 is 17.1 Å². The molecule has 20 heavy (non-hydrogen) atoms. The van der Waals surface area contributed by atoms with E-state index in [1.165, 1.54) is 24.1 Å². The molecule has 2 aromatic rings.